The molecule has 4 bridgehead atoms. The minimum absolute atomic E-state index is 0. The first kappa shape index (κ1) is 58.4. The van der Waals surface area contributed by atoms with Crippen molar-refractivity contribution >= 4 is 119 Å². The number of rotatable bonds is 11. The molecule has 0 spiro atoms. The van der Waals surface area contributed by atoms with Crippen LogP contribution in [0.15, 0.2) is 60.7 Å². The summed E-state index contributed by atoms with van der Waals surface area (Å²) in [7, 11) is -7.17. The monoisotopic (exact) mass is 1240 g/mol. The molecule has 8 fully saturated rings. The number of hydrogen-bond donors (Lipinski definition) is 3. The molecule has 26 heteroatoms. The third-order valence-corrected chi connectivity index (χ3v) is 19.2. The molecular weight excluding hydrogens is 1170 g/mol. The number of carbonyl (C=O) groups is 2. The van der Waals surface area contributed by atoms with Gasteiger partial charge in [0.2, 0.25) is 20.0 Å². The second-order valence-electron chi connectivity index (χ2n) is 23.2. The van der Waals surface area contributed by atoms with E-state index in [9.17, 15) is 26.4 Å². The van der Waals surface area contributed by atoms with Crippen molar-refractivity contribution in [3.8, 4) is 0 Å². The van der Waals surface area contributed by atoms with Gasteiger partial charge >= 0.3 is 0 Å². The first-order chi connectivity index (χ1) is 38.9. The number of sulfonamides is 2. The predicted molar refractivity (Wildman–Crippen MR) is 325 cm³/mol. The fraction of sp³-hybridized carbons (Fsp3) is 0.536. The highest BCUT2D eigenvalue weighted by molar-refractivity contribution is 7.92. The number of nitrogens with one attached hydrogen (secondary N) is 3. The molecule has 2 aliphatic carbocycles. The van der Waals surface area contributed by atoms with E-state index < -0.39 is 20.0 Å². The van der Waals surface area contributed by atoms with Gasteiger partial charge in [-0.25, -0.2) is 26.8 Å². The summed E-state index contributed by atoms with van der Waals surface area (Å²) in [5.41, 5.74) is 3.89. The molecule has 6 aromatic rings. The van der Waals surface area contributed by atoms with Gasteiger partial charge in [-0.15, -0.1) is 12.4 Å². The standard InChI is InChI=1S/C28H34ClN7O3S.C25H28Cl2N6O3S.C3H7N.ClH/c1-40(38,39)32-22-9-7-19(29)14-21(22)28(37)34-12-3-2-5-24(34)23-15-26-30-25(33-10-4-11-33)16-27(36(26)31-23)35-17-18-6-8-20(35)13-18;1-37(35,36)30-19-8-6-16(26)11-18(19)25(34)31-9-3-2-4-21(31)20-12-23-28-22(27)13-24(33(23)29-20)32-14-15-5-7-17(32)10-15;1-2-4-3-1;/h7,9,14-16,18,20,24,32H,2-6,8,10-13,17H2,1H3;6,8,11-13,15,17,21,30H,2-5,7,9-10,14H2,1H3;4H,1-3H2;1H/t18-,20+,24+;15-,17+,21+;;/m11../s1. The number of aromatic nitrogens is 6. The summed E-state index contributed by atoms with van der Waals surface area (Å²) in [5.74, 6) is 3.93. The first-order valence-electron chi connectivity index (χ1n) is 28.5. The molecule has 20 nitrogen and oxygen atoms in total. The quantitative estimate of drug-likeness (QED) is 0.103. The van der Waals surface area contributed by atoms with Crippen LogP contribution in [0.2, 0.25) is 15.2 Å². The van der Waals surface area contributed by atoms with Crippen LogP contribution in [0.4, 0.5) is 28.8 Å². The Morgan fingerprint density at radius 1 is 0.573 bits per heavy atom. The van der Waals surface area contributed by atoms with Crippen molar-refractivity contribution in [2.24, 2.45) is 11.8 Å². The summed E-state index contributed by atoms with van der Waals surface area (Å²) in [6.45, 7) is 7.66. The minimum Gasteiger partial charge on any atom is -0.356 e. The fourth-order valence-corrected chi connectivity index (χ4v) is 14.9. The van der Waals surface area contributed by atoms with E-state index in [0.29, 0.717) is 51.9 Å². The highest BCUT2D eigenvalue weighted by atomic mass is 35.5. The highest BCUT2D eigenvalue weighted by Crippen LogP contribution is 2.44. The number of piperidine rings is 4. The molecule has 2 saturated carbocycles. The third kappa shape index (κ3) is 12.4. The van der Waals surface area contributed by atoms with Gasteiger partial charge in [-0.2, -0.15) is 19.2 Å². The van der Waals surface area contributed by atoms with Gasteiger partial charge in [0, 0.05) is 85.7 Å². The number of amides is 2. The fourth-order valence-electron chi connectivity index (χ4n) is 13.2. The maximum Gasteiger partial charge on any atom is 0.256 e. The van der Waals surface area contributed by atoms with Crippen LogP contribution in [0.25, 0.3) is 11.3 Å². The van der Waals surface area contributed by atoms with Gasteiger partial charge < -0.3 is 29.8 Å². The van der Waals surface area contributed by atoms with Crippen molar-refractivity contribution in [3.05, 3.63) is 98.4 Å². The number of halogens is 4. The Morgan fingerprint density at radius 3 is 1.44 bits per heavy atom. The van der Waals surface area contributed by atoms with E-state index in [1.807, 2.05) is 32.1 Å². The second kappa shape index (κ2) is 24.0. The second-order valence-corrected chi connectivity index (χ2v) is 27.9. The summed E-state index contributed by atoms with van der Waals surface area (Å²) in [4.78, 5) is 48.1. The maximum absolute atomic E-state index is 14.0. The van der Waals surface area contributed by atoms with E-state index in [0.717, 1.165) is 118 Å². The molecule has 14 rings (SSSR count). The lowest BCUT2D eigenvalue weighted by Crippen LogP contribution is -2.39. The summed E-state index contributed by atoms with van der Waals surface area (Å²) in [6, 6.07) is 17.8. The number of benzene rings is 2. The van der Waals surface area contributed by atoms with Crippen LogP contribution in [0.1, 0.15) is 134 Å². The molecule has 0 radical (unpaired) electrons. The van der Waals surface area contributed by atoms with Crippen LogP contribution in [0.3, 0.4) is 0 Å². The Kier molecular flexibility index (Phi) is 17.1. The topological polar surface area (TPSA) is 215 Å². The average Bonchev–Trinajstić information content (AvgIpc) is 4.37. The molecule has 6 atom stereocenters. The van der Waals surface area contributed by atoms with Crippen molar-refractivity contribution in [1.29, 1.82) is 0 Å². The van der Waals surface area contributed by atoms with Crippen molar-refractivity contribution in [2.45, 2.75) is 114 Å². The van der Waals surface area contributed by atoms with Crippen molar-refractivity contribution < 1.29 is 26.4 Å². The van der Waals surface area contributed by atoms with Gasteiger partial charge in [0.05, 0.1) is 58.5 Å². The zero-order valence-corrected chi connectivity index (χ0v) is 50.7. The summed E-state index contributed by atoms with van der Waals surface area (Å²) in [6.07, 6.45) is 17.2. The zero-order valence-electron chi connectivity index (χ0n) is 46.0. The largest absolute Gasteiger partial charge is 0.356 e. The molecule has 2 amide bonds. The Hall–Kier alpha value is -5.36. The zero-order chi connectivity index (χ0) is 56.3. The first-order valence-corrected chi connectivity index (χ1v) is 33.4. The van der Waals surface area contributed by atoms with E-state index in [1.165, 1.54) is 88.7 Å². The number of likely N-dealkylation sites (tertiary alicyclic amines) is 2. The molecule has 4 aromatic heterocycles. The Bertz CT molecular complexity index is 3620. The Balaban J connectivity index is 0.000000159. The van der Waals surface area contributed by atoms with E-state index in [4.69, 9.17) is 50.0 Å². The molecule has 8 aliphatic rings. The highest BCUT2D eigenvalue weighted by Gasteiger charge is 2.42. The molecular formula is C56H70Cl4N14O6S2. The average molecular weight is 1240 g/mol. The van der Waals surface area contributed by atoms with Gasteiger partial charge in [0.1, 0.15) is 22.6 Å². The number of fused-ring (bicyclic) bond motifs is 6. The normalized spacial score (nSPS) is 23.8. The van der Waals surface area contributed by atoms with Crippen molar-refractivity contribution in [2.75, 3.05) is 89.0 Å². The van der Waals surface area contributed by atoms with E-state index in [1.54, 1.807) is 17.0 Å². The van der Waals surface area contributed by atoms with Gasteiger partial charge in [0.25, 0.3) is 11.8 Å². The lowest BCUT2D eigenvalue weighted by Gasteiger charge is -2.35. The summed E-state index contributed by atoms with van der Waals surface area (Å²) in [5, 5.41) is 14.3. The number of anilines is 5. The smallest absolute Gasteiger partial charge is 0.256 e. The predicted octanol–water partition coefficient (Wildman–Crippen LogP) is 9.49. The van der Waals surface area contributed by atoms with E-state index >= 15 is 0 Å². The van der Waals surface area contributed by atoms with Gasteiger partial charge in [-0.1, -0.05) is 34.8 Å². The molecule has 2 aromatic carbocycles. The number of nitrogens with zero attached hydrogens (tertiary/aromatic N) is 11. The van der Waals surface area contributed by atoms with Crippen LogP contribution >= 0.6 is 47.2 Å². The van der Waals surface area contributed by atoms with E-state index in [2.05, 4.69) is 40.5 Å². The molecule has 10 heterocycles. The Labute approximate surface area is 500 Å². The van der Waals surface area contributed by atoms with Crippen LogP contribution in [-0.4, -0.2) is 145 Å². The van der Waals surface area contributed by atoms with E-state index in [-0.39, 0.29) is 58.8 Å². The molecule has 440 valence electrons. The minimum atomic E-state index is -3.59. The van der Waals surface area contributed by atoms with Crippen LogP contribution in [0, 0.1) is 11.8 Å². The summed E-state index contributed by atoms with van der Waals surface area (Å²) < 4.78 is 56.7. The van der Waals surface area contributed by atoms with Gasteiger partial charge in [0.15, 0.2) is 11.3 Å². The molecule has 6 saturated heterocycles. The SMILES string of the molecule is C1CNC1.CS(=O)(=O)Nc1ccc(Cl)cc1C(=O)N1CCCC[C@H]1c1cc2nc(Cl)cc(N3C[C@@H]4CC[C@H]3C4)n2n1.CS(=O)(=O)Nc1ccc(Cl)cc1C(=O)N1CCCC[C@H]1c1cc2nc(N3CCC3)cc(N3C[C@@H]4CC[C@H]3C4)n2n1.Cl. The van der Waals surface area contributed by atoms with Crippen LogP contribution in [0.5, 0.6) is 0 Å². The number of hydrogen-bond acceptors (Lipinski definition) is 14. The molecule has 6 aliphatic heterocycles. The lowest BCUT2D eigenvalue weighted by molar-refractivity contribution is 0.0600. The maximum atomic E-state index is 14.0. The van der Waals surface area contributed by atoms with Crippen LogP contribution < -0.4 is 29.5 Å². The molecule has 82 heavy (non-hydrogen) atoms. The molecule has 3 N–H and O–H groups in total. The lowest BCUT2D eigenvalue weighted by atomic mass is 9.98. The van der Waals surface area contributed by atoms with Gasteiger partial charge in [-0.3, -0.25) is 19.0 Å². The van der Waals surface area contributed by atoms with Gasteiger partial charge in [-0.05, 0) is 151 Å². The third-order valence-electron chi connectivity index (χ3n) is 17.3. The number of carbonyl (C=O) groups excluding carboxylic acids is 2. The van der Waals surface area contributed by atoms with Crippen molar-refractivity contribution in [1.82, 2.24) is 44.3 Å². The van der Waals surface area contributed by atoms with Crippen LogP contribution in [-0.2, 0) is 20.0 Å². The molecule has 0 unspecified atom stereocenters. The van der Waals surface area contributed by atoms with Crippen molar-refractivity contribution in [3.63, 3.8) is 0 Å². The summed E-state index contributed by atoms with van der Waals surface area (Å²) >= 11 is 18.9. The Morgan fingerprint density at radius 2 is 1.04 bits per heavy atom.